The average molecular weight is 378 g/mol. The van der Waals surface area contributed by atoms with E-state index in [4.69, 9.17) is 19.9 Å². The number of hydrogen-bond donors (Lipinski definition) is 1. The van der Waals surface area contributed by atoms with Crippen LogP contribution < -0.4 is 10.5 Å². The summed E-state index contributed by atoms with van der Waals surface area (Å²) in [5, 5.41) is 0. The van der Waals surface area contributed by atoms with Crippen LogP contribution in [-0.2, 0) is 25.7 Å². The molecule has 2 amide bonds. The summed E-state index contributed by atoms with van der Waals surface area (Å²) in [7, 11) is 1.54. The Labute approximate surface area is 158 Å². The third-order valence-electron chi connectivity index (χ3n) is 4.55. The number of rotatable bonds is 8. The summed E-state index contributed by atoms with van der Waals surface area (Å²) < 4.78 is 15.8. The van der Waals surface area contributed by atoms with E-state index in [1.165, 1.54) is 0 Å². The second kappa shape index (κ2) is 9.91. The lowest BCUT2D eigenvalue weighted by Gasteiger charge is -2.30. The zero-order valence-electron chi connectivity index (χ0n) is 15.7. The summed E-state index contributed by atoms with van der Waals surface area (Å²) in [5.74, 6) is -0.783. The fourth-order valence-electron chi connectivity index (χ4n) is 2.95. The van der Waals surface area contributed by atoms with Crippen LogP contribution in [0.25, 0.3) is 0 Å². The van der Waals surface area contributed by atoms with Crippen LogP contribution in [0.2, 0.25) is 0 Å². The number of methoxy groups -OCH3 is 1. The third-order valence-corrected chi connectivity index (χ3v) is 4.55. The molecule has 8 nitrogen and oxygen atoms in total. The summed E-state index contributed by atoms with van der Waals surface area (Å²) in [6, 6.07) is 4.89. The van der Waals surface area contributed by atoms with Crippen molar-refractivity contribution in [3.05, 3.63) is 29.3 Å². The zero-order chi connectivity index (χ0) is 19.8. The van der Waals surface area contributed by atoms with Gasteiger partial charge in [-0.1, -0.05) is 0 Å². The van der Waals surface area contributed by atoms with Gasteiger partial charge >= 0.3 is 5.97 Å². The van der Waals surface area contributed by atoms with Crippen molar-refractivity contribution in [3.8, 4) is 5.75 Å². The quantitative estimate of drug-likeness (QED) is 0.679. The van der Waals surface area contributed by atoms with Crippen LogP contribution in [0.1, 0.15) is 35.7 Å². The molecule has 0 saturated carbocycles. The van der Waals surface area contributed by atoms with E-state index in [-0.39, 0.29) is 24.3 Å². The van der Waals surface area contributed by atoms with Crippen LogP contribution in [0.4, 0.5) is 0 Å². The second-order valence-electron chi connectivity index (χ2n) is 6.30. The van der Waals surface area contributed by atoms with Crippen molar-refractivity contribution in [2.75, 3.05) is 33.4 Å². The van der Waals surface area contributed by atoms with Crippen LogP contribution in [0, 0.1) is 5.92 Å². The number of hydrogen-bond acceptors (Lipinski definition) is 6. The van der Waals surface area contributed by atoms with Crippen LogP contribution >= 0.6 is 0 Å². The maximum Gasteiger partial charge on any atom is 0.338 e. The minimum Gasteiger partial charge on any atom is -0.496 e. The SMILES string of the molecule is CCOCc1cc(C(=O)OCC(=O)N2CCC(C(N)=O)CC2)ccc1OC. The standard InChI is InChI=1S/C19H26N2O6/c1-3-26-11-15-10-14(4-5-16(15)25-2)19(24)27-12-17(22)21-8-6-13(7-9-21)18(20)23/h4-5,10,13H,3,6-9,11-12H2,1-2H3,(H2,20,23). The largest absolute Gasteiger partial charge is 0.496 e. The van der Waals surface area contributed by atoms with Gasteiger partial charge in [0.05, 0.1) is 19.3 Å². The van der Waals surface area contributed by atoms with Gasteiger partial charge in [0.1, 0.15) is 5.75 Å². The Morgan fingerprint density at radius 1 is 1.22 bits per heavy atom. The number of nitrogens with zero attached hydrogens (tertiary/aromatic N) is 1. The number of amides is 2. The molecule has 0 spiro atoms. The van der Waals surface area contributed by atoms with Gasteiger partial charge in [-0.2, -0.15) is 0 Å². The predicted octanol–water partition coefficient (Wildman–Crippen LogP) is 1.11. The fourth-order valence-corrected chi connectivity index (χ4v) is 2.95. The Morgan fingerprint density at radius 3 is 2.52 bits per heavy atom. The van der Waals surface area contributed by atoms with Gasteiger partial charge in [-0.25, -0.2) is 4.79 Å². The van der Waals surface area contributed by atoms with Gasteiger partial charge in [-0.05, 0) is 38.0 Å². The maximum absolute atomic E-state index is 12.3. The van der Waals surface area contributed by atoms with Crippen molar-refractivity contribution in [2.24, 2.45) is 11.7 Å². The highest BCUT2D eigenvalue weighted by Crippen LogP contribution is 2.21. The van der Waals surface area contributed by atoms with Crippen LogP contribution in [0.15, 0.2) is 18.2 Å². The summed E-state index contributed by atoms with van der Waals surface area (Å²) in [6.07, 6.45) is 1.07. The van der Waals surface area contributed by atoms with Crippen LogP contribution in [-0.4, -0.2) is 56.1 Å². The number of primary amides is 1. The Kier molecular flexibility index (Phi) is 7.60. The van der Waals surface area contributed by atoms with Crippen LogP contribution in [0.5, 0.6) is 5.75 Å². The number of benzene rings is 1. The smallest absolute Gasteiger partial charge is 0.338 e. The molecule has 1 fully saturated rings. The fraction of sp³-hybridized carbons (Fsp3) is 0.526. The molecular formula is C19H26N2O6. The molecule has 2 N–H and O–H groups in total. The molecule has 1 aromatic carbocycles. The lowest BCUT2D eigenvalue weighted by Crippen LogP contribution is -2.43. The second-order valence-corrected chi connectivity index (χ2v) is 6.30. The number of piperidine rings is 1. The van der Waals surface area contributed by atoms with E-state index < -0.39 is 5.97 Å². The zero-order valence-corrected chi connectivity index (χ0v) is 15.7. The predicted molar refractivity (Wildman–Crippen MR) is 97.1 cm³/mol. The molecule has 8 heteroatoms. The number of carbonyl (C=O) groups is 3. The summed E-state index contributed by atoms with van der Waals surface area (Å²) in [4.78, 5) is 37.2. The number of likely N-dealkylation sites (tertiary alicyclic amines) is 1. The topological polar surface area (TPSA) is 108 Å². The molecule has 0 aliphatic carbocycles. The van der Waals surface area contributed by atoms with E-state index in [2.05, 4.69) is 0 Å². The molecule has 148 valence electrons. The van der Waals surface area contributed by atoms with Gasteiger partial charge in [0.2, 0.25) is 5.91 Å². The molecule has 1 heterocycles. The van der Waals surface area contributed by atoms with E-state index in [0.29, 0.717) is 50.5 Å². The Hall–Kier alpha value is -2.61. The molecule has 1 aromatic rings. The normalized spacial score (nSPS) is 14.7. The summed E-state index contributed by atoms with van der Waals surface area (Å²) in [5.41, 5.74) is 6.34. The minimum atomic E-state index is -0.587. The molecule has 27 heavy (non-hydrogen) atoms. The van der Waals surface area contributed by atoms with Crippen molar-refractivity contribution >= 4 is 17.8 Å². The van der Waals surface area contributed by atoms with Crippen molar-refractivity contribution in [1.29, 1.82) is 0 Å². The molecule has 1 saturated heterocycles. The summed E-state index contributed by atoms with van der Waals surface area (Å²) >= 11 is 0. The highest BCUT2D eigenvalue weighted by Gasteiger charge is 2.26. The minimum absolute atomic E-state index is 0.195. The first-order chi connectivity index (χ1) is 13.0. The molecule has 2 rings (SSSR count). The molecule has 0 atom stereocenters. The average Bonchev–Trinajstić information content (AvgIpc) is 2.69. The Bertz CT molecular complexity index is 683. The Morgan fingerprint density at radius 2 is 1.93 bits per heavy atom. The van der Waals surface area contributed by atoms with Gasteiger partial charge in [-0.3, -0.25) is 9.59 Å². The van der Waals surface area contributed by atoms with E-state index in [0.717, 1.165) is 5.56 Å². The van der Waals surface area contributed by atoms with Crippen LogP contribution in [0.3, 0.4) is 0 Å². The molecule has 0 bridgehead atoms. The molecule has 0 aromatic heterocycles. The molecule has 0 unspecified atom stereocenters. The van der Waals surface area contributed by atoms with E-state index in [1.807, 2.05) is 6.92 Å². The first-order valence-corrected chi connectivity index (χ1v) is 8.95. The highest BCUT2D eigenvalue weighted by molar-refractivity contribution is 5.91. The lowest BCUT2D eigenvalue weighted by molar-refractivity contribution is -0.137. The molecular weight excluding hydrogens is 352 g/mol. The first kappa shape index (κ1) is 20.7. The highest BCUT2D eigenvalue weighted by atomic mass is 16.5. The van der Waals surface area contributed by atoms with Crippen molar-refractivity contribution < 1.29 is 28.6 Å². The van der Waals surface area contributed by atoms with Crippen molar-refractivity contribution in [2.45, 2.75) is 26.4 Å². The van der Waals surface area contributed by atoms with Crippen molar-refractivity contribution in [3.63, 3.8) is 0 Å². The van der Waals surface area contributed by atoms with Gasteiger partial charge < -0.3 is 24.8 Å². The molecule has 0 radical (unpaired) electrons. The van der Waals surface area contributed by atoms with E-state index in [1.54, 1.807) is 30.2 Å². The van der Waals surface area contributed by atoms with Gasteiger partial charge in [-0.15, -0.1) is 0 Å². The number of esters is 1. The van der Waals surface area contributed by atoms with E-state index in [9.17, 15) is 14.4 Å². The van der Waals surface area contributed by atoms with Crippen molar-refractivity contribution in [1.82, 2.24) is 4.90 Å². The number of nitrogens with two attached hydrogens (primary N) is 1. The number of ether oxygens (including phenoxy) is 3. The summed E-state index contributed by atoms with van der Waals surface area (Å²) in [6.45, 7) is 3.26. The van der Waals surface area contributed by atoms with Gasteiger partial charge in [0, 0.05) is 31.2 Å². The molecule has 1 aliphatic rings. The lowest BCUT2D eigenvalue weighted by atomic mass is 9.96. The monoisotopic (exact) mass is 378 g/mol. The van der Waals surface area contributed by atoms with Gasteiger partial charge in [0.15, 0.2) is 6.61 Å². The maximum atomic E-state index is 12.3. The first-order valence-electron chi connectivity index (χ1n) is 8.95. The Balaban J connectivity index is 1.89. The van der Waals surface area contributed by atoms with Gasteiger partial charge in [0.25, 0.3) is 5.91 Å². The molecule has 1 aliphatic heterocycles. The third kappa shape index (κ3) is 5.68. The number of carbonyl (C=O) groups excluding carboxylic acids is 3. The van der Waals surface area contributed by atoms with E-state index >= 15 is 0 Å².